The van der Waals surface area contributed by atoms with E-state index in [1.54, 1.807) is 36.8 Å². The number of aromatic nitrogens is 4. The predicted molar refractivity (Wildman–Crippen MR) is 90.9 cm³/mol. The quantitative estimate of drug-likeness (QED) is 0.624. The van der Waals surface area contributed by atoms with Gasteiger partial charge in [0, 0.05) is 30.4 Å². The van der Waals surface area contributed by atoms with E-state index in [0.717, 1.165) is 0 Å². The van der Waals surface area contributed by atoms with Gasteiger partial charge in [-0.05, 0) is 36.7 Å². The molecule has 7 nitrogen and oxygen atoms in total. The standard InChI is InChI=1S/C17H13ClN4O3/c1-2-24-14-4-3-5-20-17(14)25-13-6-11(7-19-10-13)16-21-8-12(9-22-16)15(18)23/h3-10H,2H2,1H3. The maximum absolute atomic E-state index is 11.1. The van der Waals surface area contributed by atoms with Gasteiger partial charge in [-0.2, -0.15) is 0 Å². The molecular formula is C17H13ClN4O3. The summed E-state index contributed by atoms with van der Waals surface area (Å²) in [7, 11) is 0. The van der Waals surface area contributed by atoms with Gasteiger partial charge in [0.05, 0.1) is 18.4 Å². The number of ether oxygens (including phenoxy) is 2. The number of hydrogen-bond acceptors (Lipinski definition) is 7. The van der Waals surface area contributed by atoms with Gasteiger partial charge in [-0.15, -0.1) is 0 Å². The van der Waals surface area contributed by atoms with Gasteiger partial charge in [0.25, 0.3) is 11.1 Å². The number of carbonyl (C=O) groups excluding carboxylic acids is 1. The van der Waals surface area contributed by atoms with Crippen molar-refractivity contribution in [2.24, 2.45) is 0 Å². The van der Waals surface area contributed by atoms with E-state index in [4.69, 9.17) is 21.1 Å². The minimum Gasteiger partial charge on any atom is -0.488 e. The van der Waals surface area contributed by atoms with Crippen molar-refractivity contribution in [3.8, 4) is 28.8 Å². The zero-order valence-electron chi connectivity index (χ0n) is 13.2. The summed E-state index contributed by atoms with van der Waals surface area (Å²) in [4.78, 5) is 27.6. The minimum absolute atomic E-state index is 0.223. The molecule has 0 bridgehead atoms. The van der Waals surface area contributed by atoms with E-state index >= 15 is 0 Å². The summed E-state index contributed by atoms with van der Waals surface area (Å²) in [5.74, 6) is 1.73. The average Bonchev–Trinajstić information content (AvgIpc) is 2.64. The van der Waals surface area contributed by atoms with Crippen LogP contribution in [0.15, 0.2) is 49.2 Å². The van der Waals surface area contributed by atoms with Crippen molar-refractivity contribution >= 4 is 16.8 Å². The summed E-state index contributed by atoms with van der Waals surface area (Å²) in [6.45, 7) is 2.38. The van der Waals surface area contributed by atoms with Crippen LogP contribution in [0.3, 0.4) is 0 Å². The van der Waals surface area contributed by atoms with Crippen molar-refractivity contribution in [3.05, 3.63) is 54.7 Å². The summed E-state index contributed by atoms with van der Waals surface area (Å²) in [6.07, 6.45) is 7.46. The first kappa shape index (κ1) is 16.8. The smallest absolute Gasteiger partial charge is 0.262 e. The number of pyridine rings is 2. The lowest BCUT2D eigenvalue weighted by Gasteiger charge is -2.10. The van der Waals surface area contributed by atoms with Crippen molar-refractivity contribution in [1.82, 2.24) is 19.9 Å². The average molecular weight is 357 g/mol. The Labute approximate surface area is 148 Å². The van der Waals surface area contributed by atoms with Gasteiger partial charge in [0.15, 0.2) is 11.6 Å². The van der Waals surface area contributed by atoms with Crippen LogP contribution in [-0.2, 0) is 0 Å². The van der Waals surface area contributed by atoms with Gasteiger partial charge in [0.1, 0.15) is 5.75 Å². The Morgan fingerprint density at radius 3 is 2.68 bits per heavy atom. The van der Waals surface area contributed by atoms with Gasteiger partial charge in [-0.3, -0.25) is 9.78 Å². The van der Waals surface area contributed by atoms with E-state index in [9.17, 15) is 4.79 Å². The van der Waals surface area contributed by atoms with Crippen LogP contribution in [0.25, 0.3) is 11.4 Å². The zero-order chi connectivity index (χ0) is 17.6. The molecule has 3 aromatic heterocycles. The summed E-state index contributed by atoms with van der Waals surface area (Å²) >= 11 is 5.39. The topological polar surface area (TPSA) is 87.1 Å². The van der Waals surface area contributed by atoms with Crippen molar-refractivity contribution < 1.29 is 14.3 Å². The molecule has 0 aliphatic rings. The van der Waals surface area contributed by atoms with Crippen LogP contribution in [0, 0.1) is 0 Å². The SMILES string of the molecule is CCOc1cccnc1Oc1cncc(-c2ncc(C(=O)Cl)cn2)c1. The van der Waals surface area contributed by atoms with Gasteiger partial charge >= 0.3 is 0 Å². The molecule has 0 aromatic carbocycles. The highest BCUT2D eigenvalue weighted by atomic mass is 35.5. The Balaban J connectivity index is 1.86. The monoisotopic (exact) mass is 356 g/mol. The third-order valence-corrected chi connectivity index (χ3v) is 3.32. The fraction of sp³-hybridized carbons (Fsp3) is 0.118. The molecule has 0 aliphatic carbocycles. The Bertz CT molecular complexity index is 887. The van der Waals surface area contributed by atoms with E-state index in [2.05, 4.69) is 19.9 Å². The number of carbonyl (C=O) groups is 1. The van der Waals surface area contributed by atoms with Crippen LogP contribution in [0.5, 0.6) is 17.4 Å². The molecule has 3 rings (SSSR count). The van der Waals surface area contributed by atoms with Crippen LogP contribution < -0.4 is 9.47 Å². The Kier molecular flexibility index (Phi) is 5.15. The van der Waals surface area contributed by atoms with E-state index in [1.165, 1.54) is 12.4 Å². The van der Waals surface area contributed by atoms with Gasteiger partial charge in [-0.25, -0.2) is 15.0 Å². The lowest BCUT2D eigenvalue weighted by Crippen LogP contribution is -1.98. The molecule has 0 fully saturated rings. The molecule has 0 unspecified atom stereocenters. The normalized spacial score (nSPS) is 10.3. The Morgan fingerprint density at radius 1 is 1.16 bits per heavy atom. The molecule has 0 aliphatic heterocycles. The van der Waals surface area contributed by atoms with E-state index < -0.39 is 5.24 Å². The highest BCUT2D eigenvalue weighted by Crippen LogP contribution is 2.30. The zero-order valence-corrected chi connectivity index (χ0v) is 14.0. The third-order valence-electron chi connectivity index (χ3n) is 3.10. The number of hydrogen-bond donors (Lipinski definition) is 0. The molecule has 8 heteroatoms. The first-order valence-electron chi connectivity index (χ1n) is 7.40. The highest BCUT2D eigenvalue weighted by Gasteiger charge is 2.10. The highest BCUT2D eigenvalue weighted by molar-refractivity contribution is 6.67. The van der Waals surface area contributed by atoms with Gasteiger partial charge in [-0.1, -0.05) is 0 Å². The minimum atomic E-state index is -0.611. The summed E-state index contributed by atoms with van der Waals surface area (Å²) in [6, 6.07) is 5.25. The largest absolute Gasteiger partial charge is 0.488 e. The van der Waals surface area contributed by atoms with E-state index in [-0.39, 0.29) is 5.56 Å². The lowest BCUT2D eigenvalue weighted by molar-refractivity contribution is 0.108. The summed E-state index contributed by atoms with van der Waals surface area (Å²) in [5.41, 5.74) is 0.848. The second-order valence-corrected chi connectivity index (χ2v) is 5.16. The third kappa shape index (κ3) is 4.07. The van der Waals surface area contributed by atoms with Gasteiger partial charge < -0.3 is 9.47 Å². The molecule has 3 heterocycles. The molecule has 3 aromatic rings. The van der Waals surface area contributed by atoms with Crippen LogP contribution in [0.1, 0.15) is 17.3 Å². The summed E-state index contributed by atoms with van der Waals surface area (Å²) in [5, 5.41) is -0.611. The van der Waals surface area contributed by atoms with Crippen LogP contribution in [-0.4, -0.2) is 31.8 Å². The lowest BCUT2D eigenvalue weighted by atomic mass is 10.2. The molecule has 0 saturated heterocycles. The van der Waals surface area contributed by atoms with Gasteiger partial charge in [0.2, 0.25) is 0 Å². The maximum atomic E-state index is 11.1. The second kappa shape index (κ2) is 7.67. The van der Waals surface area contributed by atoms with Crippen LogP contribution >= 0.6 is 11.6 Å². The van der Waals surface area contributed by atoms with Crippen molar-refractivity contribution in [2.75, 3.05) is 6.61 Å². The molecule has 0 saturated carbocycles. The fourth-order valence-electron chi connectivity index (χ4n) is 2.01. The second-order valence-electron chi connectivity index (χ2n) is 4.82. The molecular weight excluding hydrogens is 344 g/mol. The molecule has 0 amide bonds. The number of nitrogens with zero attached hydrogens (tertiary/aromatic N) is 4. The van der Waals surface area contributed by atoms with E-state index in [1.807, 2.05) is 6.92 Å². The molecule has 0 atom stereocenters. The van der Waals surface area contributed by atoms with Crippen molar-refractivity contribution in [3.63, 3.8) is 0 Å². The van der Waals surface area contributed by atoms with Crippen LogP contribution in [0.2, 0.25) is 0 Å². The molecule has 0 spiro atoms. The number of halogens is 1. The molecule has 25 heavy (non-hydrogen) atoms. The predicted octanol–water partition coefficient (Wildman–Crippen LogP) is 3.50. The summed E-state index contributed by atoms with van der Waals surface area (Å²) < 4.78 is 11.2. The van der Waals surface area contributed by atoms with Crippen molar-refractivity contribution in [2.45, 2.75) is 6.92 Å². The van der Waals surface area contributed by atoms with Crippen LogP contribution in [0.4, 0.5) is 0 Å². The molecule has 126 valence electrons. The van der Waals surface area contributed by atoms with Crippen molar-refractivity contribution in [1.29, 1.82) is 0 Å². The van der Waals surface area contributed by atoms with E-state index in [0.29, 0.717) is 35.4 Å². The number of rotatable bonds is 6. The molecule has 0 radical (unpaired) electrons. The Morgan fingerprint density at radius 2 is 1.96 bits per heavy atom. The molecule has 0 N–H and O–H groups in total. The maximum Gasteiger partial charge on any atom is 0.262 e. The fourth-order valence-corrected chi connectivity index (χ4v) is 2.10. The first-order chi connectivity index (χ1) is 12.2. The Hall–Kier alpha value is -3.06. The first-order valence-corrected chi connectivity index (χ1v) is 7.78.